The maximum absolute atomic E-state index is 12.4. The quantitative estimate of drug-likeness (QED) is 0.524. The lowest BCUT2D eigenvalue weighted by molar-refractivity contribution is -0.116. The number of halogens is 2. The molecule has 1 N–H and O–H groups in total. The predicted octanol–water partition coefficient (Wildman–Crippen LogP) is 4.24. The van der Waals surface area contributed by atoms with Crippen LogP contribution in [-0.2, 0) is 14.6 Å². The van der Waals surface area contributed by atoms with E-state index < -0.39 is 15.7 Å². The van der Waals surface area contributed by atoms with E-state index in [1.807, 2.05) is 0 Å². The summed E-state index contributed by atoms with van der Waals surface area (Å²) < 4.78 is 35.1. The fraction of sp³-hybridized carbons (Fsp3) is 0.211. The molecule has 30 heavy (non-hydrogen) atoms. The van der Waals surface area contributed by atoms with Crippen molar-refractivity contribution < 1.29 is 22.4 Å². The second kappa shape index (κ2) is 9.46. The first-order valence-corrected chi connectivity index (χ1v) is 11.1. The van der Waals surface area contributed by atoms with Gasteiger partial charge < -0.3 is 9.15 Å². The van der Waals surface area contributed by atoms with Gasteiger partial charge in [-0.1, -0.05) is 28.3 Å². The van der Waals surface area contributed by atoms with E-state index in [2.05, 4.69) is 15.5 Å². The minimum absolute atomic E-state index is 0.0317. The number of ether oxygens (including phenoxy) is 1. The number of methoxy groups -OCH3 is 1. The summed E-state index contributed by atoms with van der Waals surface area (Å²) in [7, 11) is -2.01. The molecule has 0 aliphatic rings. The second-order valence-electron chi connectivity index (χ2n) is 6.22. The van der Waals surface area contributed by atoms with E-state index in [1.54, 1.807) is 30.3 Å². The molecule has 1 aromatic heterocycles. The van der Waals surface area contributed by atoms with Gasteiger partial charge in [0, 0.05) is 22.0 Å². The monoisotopic (exact) mass is 469 g/mol. The third kappa shape index (κ3) is 5.71. The predicted molar refractivity (Wildman–Crippen MR) is 113 cm³/mol. The first-order chi connectivity index (χ1) is 14.3. The van der Waals surface area contributed by atoms with Crippen molar-refractivity contribution in [2.24, 2.45) is 0 Å². The van der Waals surface area contributed by atoms with Gasteiger partial charge in [0.1, 0.15) is 5.75 Å². The van der Waals surface area contributed by atoms with Gasteiger partial charge in [0.25, 0.3) is 0 Å². The fourth-order valence-electron chi connectivity index (χ4n) is 2.57. The Morgan fingerprint density at radius 3 is 2.40 bits per heavy atom. The van der Waals surface area contributed by atoms with Gasteiger partial charge in [0.15, 0.2) is 9.84 Å². The molecule has 0 atom stereocenters. The molecular formula is C19H17Cl2N3O5S. The average molecular weight is 470 g/mol. The third-order valence-corrected chi connectivity index (χ3v) is 6.27. The van der Waals surface area contributed by atoms with E-state index in [-0.39, 0.29) is 35.4 Å². The number of anilines is 1. The van der Waals surface area contributed by atoms with Gasteiger partial charge in [-0.2, -0.15) is 0 Å². The normalized spacial score (nSPS) is 11.3. The molecule has 3 aromatic rings. The van der Waals surface area contributed by atoms with Gasteiger partial charge in [0.05, 0.1) is 17.8 Å². The van der Waals surface area contributed by atoms with Crippen LogP contribution >= 0.6 is 23.2 Å². The maximum atomic E-state index is 12.4. The van der Waals surface area contributed by atoms with E-state index in [4.69, 9.17) is 32.4 Å². The zero-order valence-corrected chi connectivity index (χ0v) is 18.1. The van der Waals surface area contributed by atoms with E-state index in [9.17, 15) is 13.2 Å². The summed E-state index contributed by atoms with van der Waals surface area (Å²) in [6, 6.07) is 10.7. The molecule has 0 aliphatic carbocycles. The third-order valence-electron chi connectivity index (χ3n) is 4.02. The van der Waals surface area contributed by atoms with Crippen LogP contribution in [0.4, 0.5) is 6.01 Å². The van der Waals surface area contributed by atoms with Crippen molar-refractivity contribution in [1.29, 1.82) is 0 Å². The molecule has 0 fully saturated rings. The molecule has 0 saturated heterocycles. The number of nitrogens with one attached hydrogen (secondary N) is 1. The van der Waals surface area contributed by atoms with E-state index >= 15 is 0 Å². The van der Waals surface area contributed by atoms with Crippen molar-refractivity contribution >= 4 is 45.0 Å². The van der Waals surface area contributed by atoms with Crippen LogP contribution < -0.4 is 10.1 Å². The average Bonchev–Trinajstić information content (AvgIpc) is 3.15. The summed E-state index contributed by atoms with van der Waals surface area (Å²) in [6.07, 6.45) is 0.0984. The number of carbonyl (C=O) groups is 1. The summed E-state index contributed by atoms with van der Waals surface area (Å²) >= 11 is 11.9. The number of sulfone groups is 1. The molecule has 0 aliphatic heterocycles. The molecule has 0 unspecified atom stereocenters. The molecule has 2 aromatic carbocycles. The standard InChI is InChI=1S/C19H17Cl2N3O5S/c1-28-15-4-6-16(7-5-15)30(26,27)8-2-3-17(25)22-19-24-23-18(29-19)12-9-13(20)11-14(21)10-12/h4-7,9-11H,2-3,8H2,1H3,(H,22,24,25). The number of hydrogen-bond acceptors (Lipinski definition) is 7. The van der Waals surface area contributed by atoms with Crippen LogP contribution in [0.1, 0.15) is 12.8 Å². The van der Waals surface area contributed by atoms with Crippen LogP contribution in [0, 0.1) is 0 Å². The Hall–Kier alpha value is -2.62. The van der Waals surface area contributed by atoms with Crippen LogP contribution in [0.25, 0.3) is 11.5 Å². The molecule has 0 spiro atoms. The number of aromatic nitrogens is 2. The molecule has 1 heterocycles. The van der Waals surface area contributed by atoms with Crippen molar-refractivity contribution in [3.8, 4) is 17.2 Å². The zero-order valence-electron chi connectivity index (χ0n) is 15.8. The highest BCUT2D eigenvalue weighted by Crippen LogP contribution is 2.27. The number of nitrogens with zero attached hydrogens (tertiary/aromatic N) is 2. The number of carbonyl (C=O) groups excluding carboxylic acids is 1. The minimum atomic E-state index is -3.51. The highest BCUT2D eigenvalue weighted by Gasteiger charge is 2.17. The smallest absolute Gasteiger partial charge is 0.322 e. The topological polar surface area (TPSA) is 111 Å². The van der Waals surface area contributed by atoms with Gasteiger partial charge in [-0.15, -0.1) is 5.10 Å². The summed E-state index contributed by atoms with van der Waals surface area (Å²) in [5.41, 5.74) is 0.506. The lowest BCUT2D eigenvalue weighted by Gasteiger charge is -2.05. The van der Waals surface area contributed by atoms with E-state index in [1.165, 1.54) is 19.2 Å². The summed E-state index contributed by atoms with van der Waals surface area (Å²) in [5.74, 6) is 0.0754. The van der Waals surface area contributed by atoms with E-state index in [0.717, 1.165) is 0 Å². The molecule has 158 valence electrons. The molecule has 1 amide bonds. The Balaban J connectivity index is 1.54. The lowest BCUT2D eigenvalue weighted by Crippen LogP contribution is -2.14. The van der Waals surface area contributed by atoms with Gasteiger partial charge in [-0.3, -0.25) is 10.1 Å². The van der Waals surface area contributed by atoms with Crippen molar-refractivity contribution in [2.45, 2.75) is 17.7 Å². The first-order valence-electron chi connectivity index (χ1n) is 8.73. The van der Waals surface area contributed by atoms with Crippen LogP contribution in [0.15, 0.2) is 51.8 Å². The van der Waals surface area contributed by atoms with E-state index in [0.29, 0.717) is 21.4 Å². The Labute approximate surface area is 183 Å². The van der Waals surface area contributed by atoms with Crippen molar-refractivity contribution in [1.82, 2.24) is 10.2 Å². The van der Waals surface area contributed by atoms with Crippen LogP contribution in [0.3, 0.4) is 0 Å². The first kappa shape index (κ1) is 22.1. The lowest BCUT2D eigenvalue weighted by atomic mass is 10.2. The number of benzene rings is 2. The summed E-state index contributed by atoms with van der Waals surface area (Å²) in [4.78, 5) is 12.3. The zero-order chi connectivity index (χ0) is 21.7. The highest BCUT2D eigenvalue weighted by molar-refractivity contribution is 7.91. The van der Waals surface area contributed by atoms with Crippen molar-refractivity contribution in [2.75, 3.05) is 18.2 Å². The Morgan fingerprint density at radius 2 is 1.77 bits per heavy atom. The molecule has 3 rings (SSSR count). The molecule has 8 nitrogen and oxygen atoms in total. The minimum Gasteiger partial charge on any atom is -0.497 e. The molecule has 0 bridgehead atoms. The van der Waals surface area contributed by atoms with Crippen LogP contribution in [0.2, 0.25) is 10.0 Å². The Kier molecular flexibility index (Phi) is 6.96. The summed E-state index contributed by atoms with van der Waals surface area (Å²) in [5, 5.41) is 10.8. The maximum Gasteiger partial charge on any atom is 0.322 e. The molecular weight excluding hydrogens is 453 g/mol. The van der Waals surface area contributed by atoms with Gasteiger partial charge in [0.2, 0.25) is 11.8 Å². The van der Waals surface area contributed by atoms with Crippen LogP contribution in [0.5, 0.6) is 5.75 Å². The number of hydrogen-bond donors (Lipinski definition) is 1. The van der Waals surface area contributed by atoms with Gasteiger partial charge >= 0.3 is 6.01 Å². The van der Waals surface area contributed by atoms with Crippen LogP contribution in [-0.4, -0.2) is 37.4 Å². The van der Waals surface area contributed by atoms with Crippen molar-refractivity contribution in [3.63, 3.8) is 0 Å². The Morgan fingerprint density at radius 1 is 1.10 bits per heavy atom. The molecule has 0 saturated carbocycles. The number of rotatable bonds is 8. The molecule has 0 radical (unpaired) electrons. The molecule has 11 heteroatoms. The highest BCUT2D eigenvalue weighted by atomic mass is 35.5. The van der Waals surface area contributed by atoms with Crippen molar-refractivity contribution in [3.05, 3.63) is 52.5 Å². The summed E-state index contributed by atoms with van der Waals surface area (Å²) in [6.45, 7) is 0. The SMILES string of the molecule is COc1ccc(S(=O)(=O)CCCC(=O)Nc2nnc(-c3cc(Cl)cc(Cl)c3)o2)cc1. The largest absolute Gasteiger partial charge is 0.497 e. The Bertz CT molecular complexity index is 1130. The van der Waals surface area contributed by atoms with Gasteiger partial charge in [-0.25, -0.2) is 8.42 Å². The second-order valence-corrected chi connectivity index (χ2v) is 9.20. The van der Waals surface area contributed by atoms with Gasteiger partial charge in [-0.05, 0) is 48.9 Å². The fourth-order valence-corrected chi connectivity index (χ4v) is 4.41. The number of amides is 1.